The summed E-state index contributed by atoms with van der Waals surface area (Å²) in [5.74, 6) is -2.94. The Balaban J connectivity index is 1.21. The lowest BCUT2D eigenvalue weighted by Crippen LogP contribution is -2.42. The predicted molar refractivity (Wildman–Crippen MR) is 214 cm³/mol. The number of primary sulfonamides is 1. The van der Waals surface area contributed by atoms with Crippen LogP contribution in [0.5, 0.6) is 5.75 Å². The molecule has 0 saturated heterocycles. The smallest absolute Gasteiger partial charge is 0.336 e. The second-order valence-corrected chi connectivity index (χ2v) is 15.1. The number of ether oxygens (including phenoxy) is 1. The van der Waals surface area contributed by atoms with E-state index >= 15 is 0 Å². The van der Waals surface area contributed by atoms with Crippen molar-refractivity contribution in [3.63, 3.8) is 0 Å². The average Bonchev–Trinajstić information content (AvgIpc) is 3.20. The summed E-state index contributed by atoms with van der Waals surface area (Å²) in [6.07, 6.45) is 0.822. The van der Waals surface area contributed by atoms with Crippen LogP contribution >= 0.6 is 11.6 Å². The van der Waals surface area contributed by atoms with Crippen LogP contribution in [0.3, 0.4) is 0 Å². The normalized spacial score (nSPS) is 11.9. The number of phenols is 1. The third-order valence-electron chi connectivity index (χ3n) is 9.26. The minimum Gasteiger partial charge on any atom is -0.508 e. The number of hydrogen-bond donors (Lipinski definition) is 5. The molecule has 1 aliphatic carbocycles. The van der Waals surface area contributed by atoms with Crippen LogP contribution in [0.25, 0.3) is 33.4 Å². The van der Waals surface area contributed by atoms with Crippen LogP contribution in [0, 0.1) is 0 Å². The van der Waals surface area contributed by atoms with Crippen molar-refractivity contribution in [1.29, 1.82) is 0 Å². The van der Waals surface area contributed by atoms with E-state index in [1.54, 1.807) is 30.3 Å². The molecular formula is C42H36ClN3O11S. The average molecular weight is 826 g/mol. The van der Waals surface area contributed by atoms with Gasteiger partial charge in [-0.25, -0.2) is 23.1 Å². The Labute approximate surface area is 336 Å². The molecule has 2 amide bonds. The van der Waals surface area contributed by atoms with Gasteiger partial charge in [0.05, 0.1) is 10.5 Å². The molecule has 0 fully saturated rings. The number of sulfonamides is 1. The summed E-state index contributed by atoms with van der Waals surface area (Å²) in [6.45, 7) is 0.0938. The van der Waals surface area contributed by atoms with Crippen LogP contribution in [0.4, 0.5) is 0 Å². The molecule has 16 heteroatoms. The first kappa shape index (κ1) is 41.1. The molecular weight excluding hydrogens is 790 g/mol. The summed E-state index contributed by atoms with van der Waals surface area (Å²) in [5, 5.41) is 31.5. The first-order chi connectivity index (χ1) is 27.7. The van der Waals surface area contributed by atoms with Crippen LogP contribution in [0.1, 0.15) is 61.5 Å². The molecule has 4 aromatic carbocycles. The number of phenolic OH excluding ortho intramolecular Hbond substituents is 1. The van der Waals surface area contributed by atoms with Gasteiger partial charge < -0.3 is 30.0 Å². The summed E-state index contributed by atoms with van der Waals surface area (Å²) >= 11 is 5.88. The van der Waals surface area contributed by atoms with E-state index in [9.17, 15) is 42.6 Å². The molecule has 2 aliphatic rings. The van der Waals surface area contributed by atoms with Crippen LogP contribution in [0.15, 0.2) is 117 Å². The van der Waals surface area contributed by atoms with Gasteiger partial charge in [-0.2, -0.15) is 0 Å². The number of hydrogen-bond acceptors (Lipinski definition) is 10. The van der Waals surface area contributed by atoms with Crippen molar-refractivity contribution >= 4 is 56.3 Å². The Hall–Kier alpha value is -6.55. The van der Waals surface area contributed by atoms with E-state index in [2.05, 4.69) is 10.6 Å². The van der Waals surface area contributed by atoms with Gasteiger partial charge in [-0.15, -0.1) is 11.6 Å². The van der Waals surface area contributed by atoms with E-state index in [1.807, 2.05) is 0 Å². The first-order valence-electron chi connectivity index (χ1n) is 17.8. The second-order valence-electron chi connectivity index (χ2n) is 13.3. The number of carboxylic acids is 1. The largest absolute Gasteiger partial charge is 0.508 e. The topological polar surface area (TPSA) is 232 Å². The number of aromatic carboxylic acids is 1. The van der Waals surface area contributed by atoms with E-state index in [1.165, 1.54) is 72.8 Å². The zero-order valence-electron chi connectivity index (χ0n) is 30.6. The summed E-state index contributed by atoms with van der Waals surface area (Å²) in [6, 6.07) is 23.5. The molecule has 298 valence electrons. The number of carbonyl (C=O) groups is 4. The standard InChI is InChI=1S/C42H36ClN3O11S/c43-22-24-4-6-25(7-5-24)23-56-42(53)35(3-1-2-18-45-39(49)26-8-13-30(14-9-26)58(44,54)55)46-40(50)27-10-15-31(34(19-27)41(51)52)38-32-16-11-28(47)20-36(32)57-37-21-29(48)12-17-33(37)38/h4-17,19-21,35,47H,1-3,18,22-23H2,(H,45,49)(H,46,50)(H,51,52)(H2,44,54,55). The summed E-state index contributed by atoms with van der Waals surface area (Å²) in [4.78, 5) is 64.6. The Morgan fingerprint density at radius 2 is 1.50 bits per heavy atom. The molecule has 1 atom stereocenters. The number of amides is 2. The molecule has 6 rings (SSSR count). The highest BCUT2D eigenvalue weighted by molar-refractivity contribution is 7.89. The van der Waals surface area contributed by atoms with Crippen molar-refractivity contribution in [1.82, 2.24) is 10.6 Å². The van der Waals surface area contributed by atoms with Crippen LogP contribution < -0.4 is 21.2 Å². The monoisotopic (exact) mass is 825 g/mol. The number of halogens is 1. The molecule has 4 aromatic rings. The van der Waals surface area contributed by atoms with Crippen molar-refractivity contribution in [2.24, 2.45) is 5.14 Å². The highest BCUT2D eigenvalue weighted by atomic mass is 35.5. The van der Waals surface area contributed by atoms with Gasteiger partial charge in [-0.05, 0) is 96.6 Å². The van der Waals surface area contributed by atoms with Gasteiger partial charge in [0, 0.05) is 52.2 Å². The first-order valence-corrected chi connectivity index (χ1v) is 19.9. The third kappa shape index (κ3) is 9.69. The fourth-order valence-corrected chi connectivity index (χ4v) is 6.97. The van der Waals surface area contributed by atoms with Gasteiger partial charge in [0.2, 0.25) is 10.0 Å². The SMILES string of the molecule is NS(=O)(=O)c1ccc(C(=O)NCCCCC(NC(=O)c2ccc(-c3c4ccc(=O)cc-4oc4cc(O)ccc34)c(C(=O)O)c2)C(=O)OCc2ccc(CCl)cc2)cc1. The van der Waals surface area contributed by atoms with Gasteiger partial charge in [-0.3, -0.25) is 14.4 Å². The maximum absolute atomic E-state index is 13.7. The quantitative estimate of drug-likeness (QED) is 0.0360. The summed E-state index contributed by atoms with van der Waals surface area (Å²) < 4.78 is 34.5. The van der Waals surface area contributed by atoms with E-state index in [0.29, 0.717) is 40.8 Å². The van der Waals surface area contributed by atoms with Crippen LogP contribution in [-0.4, -0.2) is 55.0 Å². The Morgan fingerprint density at radius 1 is 0.810 bits per heavy atom. The number of rotatable bonds is 15. The number of benzene rings is 5. The van der Waals surface area contributed by atoms with E-state index < -0.39 is 39.8 Å². The molecule has 1 unspecified atom stereocenters. The van der Waals surface area contributed by atoms with E-state index in [0.717, 1.165) is 5.56 Å². The van der Waals surface area contributed by atoms with E-state index in [-0.39, 0.29) is 69.2 Å². The van der Waals surface area contributed by atoms with Crippen molar-refractivity contribution in [2.75, 3.05) is 6.54 Å². The molecule has 14 nitrogen and oxygen atoms in total. The zero-order chi connectivity index (χ0) is 41.6. The van der Waals surface area contributed by atoms with Gasteiger partial charge in [0.25, 0.3) is 11.8 Å². The van der Waals surface area contributed by atoms with Crippen molar-refractivity contribution in [2.45, 2.75) is 42.7 Å². The maximum Gasteiger partial charge on any atom is 0.336 e. The molecule has 0 radical (unpaired) electrons. The fraction of sp³-hybridized carbons (Fsp3) is 0.167. The number of fused-ring (bicyclic) bond motifs is 2. The maximum atomic E-state index is 13.7. The lowest BCUT2D eigenvalue weighted by atomic mass is 9.89. The number of carbonyl (C=O) groups excluding carboxylic acids is 3. The Morgan fingerprint density at radius 3 is 2.19 bits per heavy atom. The van der Waals surface area contributed by atoms with Gasteiger partial charge >= 0.3 is 11.9 Å². The molecule has 6 N–H and O–H groups in total. The molecule has 0 spiro atoms. The van der Waals surface area contributed by atoms with Crippen molar-refractivity contribution in [3.8, 4) is 28.2 Å². The van der Waals surface area contributed by atoms with Crippen LogP contribution in [-0.2, 0) is 32.0 Å². The number of nitrogens with one attached hydrogen (secondary N) is 2. The molecule has 0 saturated carbocycles. The lowest BCUT2D eigenvalue weighted by molar-refractivity contribution is -0.147. The molecule has 1 heterocycles. The third-order valence-corrected chi connectivity index (χ3v) is 10.5. The van der Waals surface area contributed by atoms with Gasteiger partial charge in [0.1, 0.15) is 29.7 Å². The second kappa shape index (κ2) is 17.7. The van der Waals surface area contributed by atoms with E-state index in [4.69, 9.17) is 25.9 Å². The molecule has 0 bridgehead atoms. The Bertz CT molecular complexity index is 2660. The molecule has 58 heavy (non-hydrogen) atoms. The number of alkyl halides is 1. The fourth-order valence-electron chi connectivity index (χ4n) is 6.27. The summed E-state index contributed by atoms with van der Waals surface area (Å²) in [5.41, 5.74) is 2.34. The van der Waals surface area contributed by atoms with Crippen molar-refractivity contribution in [3.05, 3.63) is 141 Å². The number of aromatic hydroxyl groups is 1. The van der Waals surface area contributed by atoms with Gasteiger partial charge in [-0.1, -0.05) is 30.3 Å². The Kier molecular flexibility index (Phi) is 12.6. The summed E-state index contributed by atoms with van der Waals surface area (Å²) in [7, 11) is -3.92. The number of unbranched alkanes of at least 4 members (excludes halogenated alkanes) is 1. The minimum atomic E-state index is -3.92. The van der Waals surface area contributed by atoms with Crippen molar-refractivity contribution < 1.29 is 47.0 Å². The number of carboxylic acid groups (broad SMARTS) is 1. The molecule has 1 aliphatic heterocycles. The molecule has 0 aromatic heterocycles. The van der Waals surface area contributed by atoms with Crippen LogP contribution in [0.2, 0.25) is 0 Å². The van der Waals surface area contributed by atoms with Gasteiger partial charge in [0.15, 0.2) is 5.43 Å². The zero-order valence-corrected chi connectivity index (χ0v) is 32.1. The lowest BCUT2D eigenvalue weighted by Gasteiger charge is -2.19. The number of nitrogens with two attached hydrogens (primary N) is 1. The highest BCUT2D eigenvalue weighted by Crippen LogP contribution is 2.42. The minimum absolute atomic E-state index is 0.0648. The predicted octanol–water partition coefficient (Wildman–Crippen LogP) is 5.80. The number of esters is 1. The highest BCUT2D eigenvalue weighted by Gasteiger charge is 2.26.